The summed E-state index contributed by atoms with van der Waals surface area (Å²) in [6, 6.07) is 14.0. The Morgan fingerprint density at radius 3 is 2.00 bits per heavy atom. The maximum atomic E-state index is 12.9. The van der Waals surface area contributed by atoms with E-state index in [0.29, 0.717) is 17.0 Å². The van der Waals surface area contributed by atoms with E-state index in [1.54, 1.807) is 43.5 Å². The number of aliphatic hydroxyl groups excluding tert-OH is 1. The summed E-state index contributed by atoms with van der Waals surface area (Å²) in [5.41, 5.74) is 1.96. The molecule has 1 N–H and O–H groups in total. The maximum Gasteiger partial charge on any atom is 0.301 e. The number of carbonyl (C=O) groups is 2. The standard InChI is InChI=1S/C22H23N3O4/c1-23-11-13-24(14-12-23)16-5-7-17(8-6-16)25-21(27)19(20(26)22(25)28)15-3-9-18(29-2)10-4-15/h3-10,26H,11-14H2,1-2H3. The molecule has 7 heteroatoms. The first-order valence-electron chi connectivity index (χ1n) is 9.49. The lowest BCUT2D eigenvalue weighted by atomic mass is 10.1. The first-order valence-corrected chi connectivity index (χ1v) is 9.49. The number of hydrogen-bond acceptors (Lipinski definition) is 6. The molecule has 29 heavy (non-hydrogen) atoms. The number of rotatable bonds is 4. The van der Waals surface area contributed by atoms with Crippen LogP contribution >= 0.6 is 0 Å². The number of benzene rings is 2. The third-order valence-corrected chi connectivity index (χ3v) is 5.41. The van der Waals surface area contributed by atoms with Gasteiger partial charge in [-0.2, -0.15) is 0 Å². The second kappa shape index (κ2) is 7.60. The highest BCUT2D eigenvalue weighted by Crippen LogP contribution is 2.33. The Morgan fingerprint density at radius 2 is 1.41 bits per heavy atom. The van der Waals surface area contributed by atoms with Crippen LogP contribution in [0, 0.1) is 0 Å². The number of ether oxygens (including phenoxy) is 1. The Bertz CT molecular complexity index is 959. The fourth-order valence-corrected chi connectivity index (χ4v) is 3.65. The summed E-state index contributed by atoms with van der Waals surface area (Å²) in [5.74, 6) is -1.16. The number of likely N-dealkylation sites (N-methyl/N-ethyl adjacent to an activating group) is 1. The Labute approximate surface area is 169 Å². The molecule has 1 fully saturated rings. The van der Waals surface area contributed by atoms with Crippen LogP contribution in [0.15, 0.2) is 54.3 Å². The number of imide groups is 1. The number of hydrogen-bond donors (Lipinski definition) is 1. The molecule has 0 spiro atoms. The van der Waals surface area contributed by atoms with Gasteiger partial charge in [-0.3, -0.25) is 9.59 Å². The summed E-state index contributed by atoms with van der Waals surface area (Å²) in [6.45, 7) is 3.85. The van der Waals surface area contributed by atoms with Crippen LogP contribution in [-0.2, 0) is 9.59 Å². The molecule has 2 aromatic carbocycles. The van der Waals surface area contributed by atoms with Crippen molar-refractivity contribution in [2.75, 3.05) is 50.1 Å². The van der Waals surface area contributed by atoms with Crippen LogP contribution < -0.4 is 14.5 Å². The highest BCUT2D eigenvalue weighted by atomic mass is 16.5. The second-order valence-electron chi connectivity index (χ2n) is 7.20. The van der Waals surface area contributed by atoms with E-state index in [-0.39, 0.29) is 5.57 Å². The molecule has 2 aliphatic heterocycles. The van der Waals surface area contributed by atoms with Crippen LogP contribution in [0.4, 0.5) is 11.4 Å². The quantitative estimate of drug-likeness (QED) is 0.804. The van der Waals surface area contributed by atoms with Gasteiger partial charge in [-0.1, -0.05) is 12.1 Å². The first-order chi connectivity index (χ1) is 14.0. The largest absolute Gasteiger partial charge is 0.502 e. The molecule has 0 aliphatic carbocycles. The van der Waals surface area contributed by atoms with Crippen LogP contribution in [-0.4, -0.2) is 62.2 Å². The van der Waals surface area contributed by atoms with Crippen molar-refractivity contribution in [1.29, 1.82) is 0 Å². The van der Waals surface area contributed by atoms with Crippen molar-refractivity contribution in [2.24, 2.45) is 0 Å². The van der Waals surface area contributed by atoms with Crippen LogP contribution in [0.5, 0.6) is 5.75 Å². The van der Waals surface area contributed by atoms with Crippen molar-refractivity contribution in [3.8, 4) is 5.75 Å². The van der Waals surface area contributed by atoms with Crippen LogP contribution in [0.1, 0.15) is 5.56 Å². The highest BCUT2D eigenvalue weighted by Gasteiger charge is 2.40. The normalized spacial score (nSPS) is 18.0. The summed E-state index contributed by atoms with van der Waals surface area (Å²) < 4.78 is 5.12. The van der Waals surface area contributed by atoms with Gasteiger partial charge >= 0.3 is 5.91 Å². The van der Waals surface area contributed by atoms with Gasteiger partial charge in [0, 0.05) is 31.9 Å². The van der Waals surface area contributed by atoms with Crippen molar-refractivity contribution in [2.45, 2.75) is 0 Å². The lowest BCUT2D eigenvalue weighted by Crippen LogP contribution is -2.44. The topological polar surface area (TPSA) is 73.3 Å². The number of nitrogens with zero attached hydrogens (tertiary/aromatic N) is 3. The molecule has 0 radical (unpaired) electrons. The molecule has 4 rings (SSSR count). The lowest BCUT2D eigenvalue weighted by molar-refractivity contribution is -0.121. The van der Waals surface area contributed by atoms with Crippen molar-refractivity contribution in [1.82, 2.24) is 4.90 Å². The van der Waals surface area contributed by atoms with E-state index in [4.69, 9.17) is 4.74 Å². The predicted octanol–water partition coefficient (Wildman–Crippen LogP) is 2.29. The molecule has 2 aliphatic rings. The van der Waals surface area contributed by atoms with Crippen molar-refractivity contribution in [3.05, 3.63) is 59.9 Å². The number of methoxy groups -OCH3 is 1. The van der Waals surface area contributed by atoms with Crippen LogP contribution in [0.25, 0.3) is 5.57 Å². The third-order valence-electron chi connectivity index (χ3n) is 5.41. The highest BCUT2D eigenvalue weighted by molar-refractivity contribution is 6.44. The number of amides is 2. The molecule has 0 saturated carbocycles. The van der Waals surface area contributed by atoms with Gasteiger partial charge in [-0.05, 0) is 49.0 Å². The van der Waals surface area contributed by atoms with E-state index < -0.39 is 17.6 Å². The fraction of sp³-hybridized carbons (Fsp3) is 0.273. The Kier molecular flexibility index (Phi) is 4.98. The lowest BCUT2D eigenvalue weighted by Gasteiger charge is -2.34. The maximum absolute atomic E-state index is 12.9. The molecular weight excluding hydrogens is 370 g/mol. The minimum Gasteiger partial charge on any atom is -0.502 e. The summed E-state index contributed by atoms with van der Waals surface area (Å²) in [4.78, 5) is 31.1. The zero-order chi connectivity index (χ0) is 20.5. The van der Waals surface area contributed by atoms with Crippen molar-refractivity contribution in [3.63, 3.8) is 0 Å². The van der Waals surface area contributed by atoms with Gasteiger partial charge in [0.25, 0.3) is 5.91 Å². The monoisotopic (exact) mass is 393 g/mol. The molecule has 7 nitrogen and oxygen atoms in total. The van der Waals surface area contributed by atoms with Gasteiger partial charge in [-0.15, -0.1) is 0 Å². The van der Waals surface area contributed by atoms with E-state index >= 15 is 0 Å². The molecule has 0 atom stereocenters. The number of aliphatic hydroxyl groups is 1. The molecule has 0 aromatic heterocycles. The Morgan fingerprint density at radius 1 is 0.828 bits per heavy atom. The predicted molar refractivity (Wildman–Crippen MR) is 111 cm³/mol. The van der Waals surface area contributed by atoms with Gasteiger partial charge < -0.3 is 19.6 Å². The van der Waals surface area contributed by atoms with Gasteiger partial charge in [-0.25, -0.2) is 4.90 Å². The summed E-state index contributed by atoms with van der Waals surface area (Å²) >= 11 is 0. The van der Waals surface area contributed by atoms with Gasteiger partial charge in [0.05, 0.1) is 18.4 Å². The summed E-state index contributed by atoms with van der Waals surface area (Å²) in [6.07, 6.45) is 0. The average Bonchev–Trinajstić information content (AvgIpc) is 2.97. The van der Waals surface area contributed by atoms with Gasteiger partial charge in [0.1, 0.15) is 5.75 Å². The molecule has 0 bridgehead atoms. The summed E-state index contributed by atoms with van der Waals surface area (Å²) in [5, 5.41) is 10.3. The van der Waals surface area contributed by atoms with E-state index in [1.807, 2.05) is 12.1 Å². The Balaban J connectivity index is 1.56. The van der Waals surface area contributed by atoms with E-state index in [2.05, 4.69) is 16.8 Å². The van der Waals surface area contributed by atoms with E-state index in [0.717, 1.165) is 36.8 Å². The molecular formula is C22H23N3O4. The smallest absolute Gasteiger partial charge is 0.301 e. The fourth-order valence-electron chi connectivity index (χ4n) is 3.65. The first kappa shape index (κ1) is 19.0. The number of carbonyl (C=O) groups excluding carboxylic acids is 2. The zero-order valence-corrected chi connectivity index (χ0v) is 16.5. The average molecular weight is 393 g/mol. The van der Waals surface area contributed by atoms with Crippen molar-refractivity contribution >= 4 is 28.8 Å². The SMILES string of the molecule is COc1ccc(C2=C(O)C(=O)N(c3ccc(N4CCN(C)CC4)cc3)C2=O)cc1. The minimum atomic E-state index is -0.715. The van der Waals surface area contributed by atoms with E-state index in [9.17, 15) is 14.7 Å². The molecule has 150 valence electrons. The zero-order valence-electron chi connectivity index (χ0n) is 16.5. The summed E-state index contributed by atoms with van der Waals surface area (Å²) in [7, 11) is 3.65. The Hall–Kier alpha value is -3.32. The van der Waals surface area contributed by atoms with Crippen molar-refractivity contribution < 1.29 is 19.4 Å². The molecule has 0 unspecified atom stereocenters. The molecule has 2 amide bonds. The molecule has 2 aromatic rings. The van der Waals surface area contributed by atoms with Gasteiger partial charge in [0.15, 0.2) is 5.76 Å². The van der Waals surface area contributed by atoms with Gasteiger partial charge in [0.2, 0.25) is 0 Å². The van der Waals surface area contributed by atoms with Crippen LogP contribution in [0.2, 0.25) is 0 Å². The second-order valence-corrected chi connectivity index (χ2v) is 7.20. The molecule has 1 saturated heterocycles. The van der Waals surface area contributed by atoms with E-state index in [1.165, 1.54) is 0 Å². The number of anilines is 2. The number of piperazine rings is 1. The minimum absolute atomic E-state index is 0.000738. The molecule has 2 heterocycles. The third kappa shape index (κ3) is 3.45. The van der Waals surface area contributed by atoms with Crippen LogP contribution in [0.3, 0.4) is 0 Å².